The van der Waals surface area contributed by atoms with Gasteiger partial charge in [-0.25, -0.2) is 13.4 Å². The van der Waals surface area contributed by atoms with Crippen molar-refractivity contribution in [2.24, 2.45) is 0 Å². The maximum atomic E-state index is 12.8. The van der Waals surface area contributed by atoms with Gasteiger partial charge in [0, 0.05) is 35.4 Å². The first kappa shape index (κ1) is 25.7. The van der Waals surface area contributed by atoms with E-state index in [-0.39, 0.29) is 5.75 Å². The van der Waals surface area contributed by atoms with E-state index < -0.39 is 9.84 Å². The number of rotatable bonds is 8. The third-order valence-corrected chi connectivity index (χ3v) is 8.63. The van der Waals surface area contributed by atoms with E-state index in [9.17, 15) is 8.42 Å². The summed E-state index contributed by atoms with van der Waals surface area (Å²) >= 11 is 0. The Hall–Kier alpha value is -3.91. The third-order valence-electron chi connectivity index (χ3n) is 6.92. The number of aryl methyl sites for hydroxylation is 6. The van der Waals surface area contributed by atoms with Crippen LogP contribution in [0, 0.1) is 34.6 Å². The minimum atomic E-state index is -3.38. The molecule has 5 rings (SSSR count). The predicted octanol–water partition coefficient (Wildman–Crippen LogP) is 5.47. The lowest BCUT2D eigenvalue weighted by Crippen LogP contribution is -2.13. The zero-order valence-electron chi connectivity index (χ0n) is 22.5. The van der Waals surface area contributed by atoms with Gasteiger partial charge in [-0.1, -0.05) is 17.7 Å². The van der Waals surface area contributed by atoms with Crippen LogP contribution >= 0.6 is 0 Å². The standard InChI is InChI=1S/C30H33N5O2S/c1-21-6-12-28(13-7-21)38(36,37)15-14-33-20-27(19-31-33)16-26-17-29(34-22(2)8-9-23(34)3)32-30(18-26)35-24(4)10-11-25(35)5/h6-13,17-20H,14-16H2,1-5H3. The lowest BCUT2D eigenvalue weighted by Gasteiger charge is -2.15. The second kappa shape index (κ2) is 10.1. The average molecular weight is 528 g/mol. The molecule has 0 atom stereocenters. The molecule has 4 aromatic heterocycles. The van der Waals surface area contributed by atoms with Crippen LogP contribution in [0.25, 0.3) is 11.6 Å². The highest BCUT2D eigenvalue weighted by Gasteiger charge is 2.16. The number of aromatic nitrogens is 5. The first-order valence-electron chi connectivity index (χ1n) is 12.7. The van der Waals surface area contributed by atoms with Gasteiger partial charge in [-0.2, -0.15) is 5.10 Å². The van der Waals surface area contributed by atoms with Crippen molar-refractivity contribution in [1.29, 1.82) is 0 Å². The van der Waals surface area contributed by atoms with E-state index in [4.69, 9.17) is 4.98 Å². The molecule has 0 aliphatic carbocycles. The van der Waals surface area contributed by atoms with E-state index in [0.717, 1.165) is 51.1 Å². The van der Waals surface area contributed by atoms with E-state index in [0.29, 0.717) is 17.9 Å². The van der Waals surface area contributed by atoms with Crippen LogP contribution in [0.15, 0.2) is 78.0 Å². The quantitative estimate of drug-likeness (QED) is 0.268. The van der Waals surface area contributed by atoms with E-state index in [1.807, 2.05) is 31.5 Å². The van der Waals surface area contributed by atoms with Crippen molar-refractivity contribution in [3.63, 3.8) is 0 Å². The third kappa shape index (κ3) is 5.22. The number of pyridine rings is 1. The monoisotopic (exact) mass is 527 g/mol. The van der Waals surface area contributed by atoms with E-state index in [1.165, 1.54) is 0 Å². The SMILES string of the molecule is Cc1ccc(S(=O)(=O)CCn2cc(Cc3cc(-n4c(C)ccc4C)nc(-n4c(C)ccc4C)c3)cn2)cc1. The summed E-state index contributed by atoms with van der Waals surface area (Å²) in [5.41, 5.74) is 7.67. The van der Waals surface area contributed by atoms with Crippen LogP contribution in [0.2, 0.25) is 0 Å². The van der Waals surface area contributed by atoms with Gasteiger partial charge in [0.25, 0.3) is 0 Å². The first-order chi connectivity index (χ1) is 18.1. The molecule has 8 heteroatoms. The number of hydrogen-bond donors (Lipinski definition) is 0. The zero-order chi connectivity index (χ0) is 27.0. The zero-order valence-corrected chi connectivity index (χ0v) is 23.3. The molecule has 38 heavy (non-hydrogen) atoms. The molecular formula is C30H33N5O2S. The largest absolute Gasteiger partial charge is 0.303 e. The summed E-state index contributed by atoms with van der Waals surface area (Å²) in [5.74, 6) is 1.75. The van der Waals surface area contributed by atoms with Gasteiger partial charge in [-0.3, -0.25) is 4.68 Å². The maximum Gasteiger partial charge on any atom is 0.180 e. The van der Waals surface area contributed by atoms with Crippen molar-refractivity contribution >= 4 is 9.84 Å². The second-order valence-electron chi connectivity index (χ2n) is 10.0. The molecule has 0 saturated heterocycles. The van der Waals surface area contributed by atoms with Crippen molar-refractivity contribution in [1.82, 2.24) is 23.9 Å². The highest BCUT2D eigenvalue weighted by molar-refractivity contribution is 7.91. The van der Waals surface area contributed by atoms with Gasteiger partial charge >= 0.3 is 0 Å². The fourth-order valence-electron chi connectivity index (χ4n) is 4.88. The molecule has 0 radical (unpaired) electrons. The molecule has 0 N–H and O–H groups in total. The van der Waals surface area contributed by atoms with Crippen molar-refractivity contribution < 1.29 is 8.42 Å². The number of sulfone groups is 1. The van der Waals surface area contributed by atoms with Gasteiger partial charge < -0.3 is 9.13 Å². The molecular weight excluding hydrogens is 494 g/mol. The Morgan fingerprint density at radius 2 is 1.24 bits per heavy atom. The normalized spacial score (nSPS) is 11.8. The van der Waals surface area contributed by atoms with Crippen LogP contribution in [-0.4, -0.2) is 38.1 Å². The number of benzene rings is 1. The summed E-state index contributed by atoms with van der Waals surface area (Å²) < 4.78 is 31.6. The second-order valence-corrected chi connectivity index (χ2v) is 12.1. The molecule has 0 bridgehead atoms. The van der Waals surface area contributed by atoms with Gasteiger partial charge in [0.1, 0.15) is 11.6 Å². The number of hydrogen-bond acceptors (Lipinski definition) is 4. The molecule has 0 aliphatic rings. The maximum absolute atomic E-state index is 12.8. The number of nitrogens with zero attached hydrogens (tertiary/aromatic N) is 5. The van der Waals surface area contributed by atoms with E-state index in [1.54, 1.807) is 16.8 Å². The van der Waals surface area contributed by atoms with Crippen molar-refractivity contribution in [2.45, 2.75) is 52.5 Å². The van der Waals surface area contributed by atoms with Gasteiger partial charge in [0.05, 0.1) is 23.4 Å². The molecule has 196 valence electrons. The highest BCUT2D eigenvalue weighted by Crippen LogP contribution is 2.23. The van der Waals surface area contributed by atoms with Crippen molar-refractivity contribution in [3.8, 4) is 11.6 Å². The molecule has 0 unspecified atom stereocenters. The lowest BCUT2D eigenvalue weighted by atomic mass is 10.1. The highest BCUT2D eigenvalue weighted by atomic mass is 32.2. The fourth-order valence-corrected chi connectivity index (χ4v) is 6.09. The minimum absolute atomic E-state index is 0.000892. The average Bonchev–Trinajstić information content (AvgIpc) is 3.56. The molecule has 5 aromatic rings. The summed E-state index contributed by atoms with van der Waals surface area (Å²) in [7, 11) is -3.38. The van der Waals surface area contributed by atoms with E-state index >= 15 is 0 Å². The lowest BCUT2D eigenvalue weighted by molar-refractivity contribution is 0.580. The molecule has 0 spiro atoms. The van der Waals surface area contributed by atoms with Gasteiger partial charge in [0.2, 0.25) is 0 Å². The molecule has 0 fully saturated rings. The van der Waals surface area contributed by atoms with Crippen LogP contribution in [0.1, 0.15) is 39.5 Å². The summed E-state index contributed by atoms with van der Waals surface area (Å²) in [6, 6.07) is 19.6. The topological polar surface area (TPSA) is 74.7 Å². The Balaban J connectivity index is 1.41. The molecule has 0 saturated carbocycles. The van der Waals surface area contributed by atoms with Crippen LogP contribution < -0.4 is 0 Å². The summed E-state index contributed by atoms with van der Waals surface area (Å²) in [6.45, 7) is 10.6. The van der Waals surface area contributed by atoms with Gasteiger partial charge in [0.15, 0.2) is 9.84 Å². The summed E-state index contributed by atoms with van der Waals surface area (Å²) in [6.07, 6.45) is 4.41. The van der Waals surface area contributed by atoms with E-state index in [2.05, 4.69) is 78.3 Å². The van der Waals surface area contributed by atoms with Gasteiger partial charge in [-0.15, -0.1) is 0 Å². The van der Waals surface area contributed by atoms with Crippen molar-refractivity contribution in [2.75, 3.05) is 5.75 Å². The summed E-state index contributed by atoms with van der Waals surface area (Å²) in [4.78, 5) is 5.38. The smallest absolute Gasteiger partial charge is 0.180 e. The van der Waals surface area contributed by atoms with Crippen molar-refractivity contribution in [3.05, 3.63) is 113 Å². The van der Waals surface area contributed by atoms with Crippen LogP contribution in [0.4, 0.5) is 0 Å². The van der Waals surface area contributed by atoms with Crippen LogP contribution in [0.3, 0.4) is 0 Å². The van der Waals surface area contributed by atoms with Crippen LogP contribution in [0.5, 0.6) is 0 Å². The Morgan fingerprint density at radius 3 is 1.76 bits per heavy atom. The Morgan fingerprint density at radius 1 is 0.711 bits per heavy atom. The summed E-state index contributed by atoms with van der Waals surface area (Å²) in [5, 5.41) is 4.45. The molecule has 0 amide bonds. The minimum Gasteiger partial charge on any atom is -0.303 e. The molecule has 7 nitrogen and oxygen atoms in total. The van der Waals surface area contributed by atoms with Crippen LogP contribution in [-0.2, 0) is 22.8 Å². The first-order valence-corrected chi connectivity index (χ1v) is 14.4. The Bertz CT molecular complexity index is 1600. The van der Waals surface area contributed by atoms with Gasteiger partial charge in [-0.05, 0) is 94.3 Å². The molecule has 4 heterocycles. The predicted molar refractivity (Wildman–Crippen MR) is 150 cm³/mol. The fraction of sp³-hybridized carbons (Fsp3) is 0.267. The molecule has 0 aliphatic heterocycles. The Kier molecular flexibility index (Phi) is 6.84. The molecule has 1 aromatic carbocycles. The Labute approximate surface area is 224 Å².